The minimum atomic E-state index is -4.95. The van der Waals surface area contributed by atoms with Crippen LogP contribution in [-0.4, -0.2) is 96.7 Å². The first-order valence-corrected chi connectivity index (χ1v) is 38.7. The maximum absolute atomic E-state index is 13.0. The third-order valence-corrected chi connectivity index (χ3v) is 17.7. The Kier molecular flexibility index (Phi) is 57.6. The van der Waals surface area contributed by atoms with Crippen molar-refractivity contribution in [3.63, 3.8) is 0 Å². The van der Waals surface area contributed by atoms with Crippen molar-refractivity contribution in [2.75, 3.05) is 39.6 Å². The van der Waals surface area contributed by atoms with E-state index in [2.05, 4.69) is 55.4 Å². The first-order valence-electron chi connectivity index (χ1n) is 35.7. The molecule has 0 amide bonds. The van der Waals surface area contributed by atoms with Crippen LogP contribution in [0.15, 0.2) is 0 Å². The fourth-order valence-corrected chi connectivity index (χ4v) is 11.9. The number of aliphatic hydroxyl groups excluding tert-OH is 1. The Labute approximate surface area is 537 Å². The van der Waals surface area contributed by atoms with Crippen molar-refractivity contribution in [1.29, 1.82) is 0 Å². The molecule has 0 aromatic heterocycles. The number of ether oxygens (including phenoxy) is 4. The number of rotatable bonds is 66. The molecule has 0 spiro atoms. The first-order chi connectivity index (χ1) is 42.1. The maximum Gasteiger partial charge on any atom is 0.472 e. The highest BCUT2D eigenvalue weighted by Crippen LogP contribution is 2.45. The zero-order chi connectivity index (χ0) is 65.4. The highest BCUT2D eigenvalue weighted by molar-refractivity contribution is 7.47. The second-order valence-electron chi connectivity index (χ2n) is 26.8. The minimum Gasteiger partial charge on any atom is -0.462 e. The second-order valence-corrected chi connectivity index (χ2v) is 29.7. The van der Waals surface area contributed by atoms with Crippen molar-refractivity contribution in [3.8, 4) is 0 Å². The van der Waals surface area contributed by atoms with E-state index < -0.39 is 97.5 Å². The summed E-state index contributed by atoms with van der Waals surface area (Å²) in [5, 5.41) is 10.6. The van der Waals surface area contributed by atoms with Crippen LogP contribution < -0.4 is 0 Å². The van der Waals surface area contributed by atoms with E-state index in [1.165, 1.54) is 135 Å². The summed E-state index contributed by atoms with van der Waals surface area (Å²) in [7, 11) is -9.90. The maximum atomic E-state index is 13.0. The van der Waals surface area contributed by atoms with E-state index in [1.54, 1.807) is 0 Å². The Morgan fingerprint density at radius 1 is 0.284 bits per heavy atom. The lowest BCUT2D eigenvalue weighted by Crippen LogP contribution is -2.30. The quantitative estimate of drug-likeness (QED) is 0.0222. The van der Waals surface area contributed by atoms with E-state index >= 15 is 0 Å². The van der Waals surface area contributed by atoms with Crippen LogP contribution in [0.5, 0.6) is 0 Å². The number of aliphatic hydroxyl groups is 1. The fraction of sp³-hybridized carbons (Fsp3) is 0.942. The molecular weight excluding hydrogens is 1160 g/mol. The molecule has 3 unspecified atom stereocenters. The molecule has 0 radical (unpaired) electrons. The average Bonchev–Trinajstić information content (AvgIpc) is 3.57. The lowest BCUT2D eigenvalue weighted by Gasteiger charge is -2.21. The van der Waals surface area contributed by atoms with Gasteiger partial charge in [0.1, 0.15) is 19.3 Å². The van der Waals surface area contributed by atoms with Gasteiger partial charge in [-0.05, 0) is 49.4 Å². The van der Waals surface area contributed by atoms with E-state index in [9.17, 15) is 43.2 Å². The SMILES string of the molecule is CC(C)CCCCCCCCCCCCC(=O)OC[C@H](COP(=O)(O)OCC(O)COP(=O)(O)OC[C@@H](COC(=O)CCCCCCCCCC(C)C)OC(=O)CCCCCCCCCCCC(C)C)OC(=O)CCCCCCCCCCCCC(C)C. The molecule has 0 aromatic rings. The molecule has 19 heteroatoms. The summed E-state index contributed by atoms with van der Waals surface area (Å²) in [4.78, 5) is 72.5. The van der Waals surface area contributed by atoms with Crippen LogP contribution in [0.4, 0.5) is 0 Å². The molecule has 5 atom stereocenters. The van der Waals surface area contributed by atoms with Crippen LogP contribution in [0.25, 0.3) is 0 Å². The molecule has 0 aliphatic rings. The van der Waals surface area contributed by atoms with E-state index in [1.807, 2.05) is 0 Å². The van der Waals surface area contributed by atoms with Crippen molar-refractivity contribution < 1.29 is 80.2 Å². The lowest BCUT2D eigenvalue weighted by molar-refractivity contribution is -0.161. The number of esters is 4. The zero-order valence-electron chi connectivity index (χ0n) is 57.3. The topological polar surface area (TPSA) is 237 Å². The Morgan fingerprint density at radius 2 is 0.477 bits per heavy atom. The van der Waals surface area contributed by atoms with Gasteiger partial charge in [-0.2, -0.15) is 0 Å². The minimum absolute atomic E-state index is 0.104. The van der Waals surface area contributed by atoms with Gasteiger partial charge in [0.05, 0.1) is 26.4 Å². The molecular formula is C69H134O17P2. The van der Waals surface area contributed by atoms with Crippen molar-refractivity contribution in [3.05, 3.63) is 0 Å². The average molecular weight is 1300 g/mol. The summed E-state index contributed by atoms with van der Waals surface area (Å²) in [5.74, 6) is 0.820. The van der Waals surface area contributed by atoms with Crippen molar-refractivity contribution >= 4 is 39.5 Å². The van der Waals surface area contributed by atoms with E-state index in [0.29, 0.717) is 31.6 Å². The predicted molar refractivity (Wildman–Crippen MR) is 354 cm³/mol. The molecule has 88 heavy (non-hydrogen) atoms. The number of hydrogen-bond donors (Lipinski definition) is 3. The van der Waals surface area contributed by atoms with Gasteiger partial charge < -0.3 is 33.8 Å². The monoisotopic (exact) mass is 1300 g/mol. The van der Waals surface area contributed by atoms with Crippen molar-refractivity contribution in [2.45, 2.75) is 356 Å². The molecule has 0 aromatic carbocycles. The number of unbranched alkanes of at least 4 members (excludes halogenated alkanes) is 32. The molecule has 0 fully saturated rings. The van der Waals surface area contributed by atoms with Crippen LogP contribution in [0, 0.1) is 23.7 Å². The van der Waals surface area contributed by atoms with Gasteiger partial charge in [-0.25, -0.2) is 9.13 Å². The molecule has 17 nitrogen and oxygen atoms in total. The van der Waals surface area contributed by atoms with Gasteiger partial charge in [0.2, 0.25) is 0 Å². The Bertz CT molecular complexity index is 1750. The lowest BCUT2D eigenvalue weighted by atomic mass is 10.0. The Balaban J connectivity index is 5.26. The molecule has 0 saturated heterocycles. The smallest absolute Gasteiger partial charge is 0.462 e. The van der Waals surface area contributed by atoms with E-state index in [0.717, 1.165) is 114 Å². The van der Waals surface area contributed by atoms with Gasteiger partial charge in [-0.15, -0.1) is 0 Å². The zero-order valence-corrected chi connectivity index (χ0v) is 59.1. The molecule has 0 aliphatic heterocycles. The molecule has 0 saturated carbocycles. The summed E-state index contributed by atoms with van der Waals surface area (Å²) in [6.07, 6.45) is 40.4. The number of carbonyl (C=O) groups excluding carboxylic acids is 4. The normalized spacial score (nSPS) is 14.3. The Hall–Kier alpha value is -1.94. The standard InChI is InChI=1S/C69H134O17P2/c1-59(2)45-37-29-21-14-9-11-17-25-33-41-49-66(71)79-55-64(85-68(73)51-43-35-26-18-12-10-15-22-30-38-46-60(3)4)57-83-87(75,76)81-53-63(70)54-82-88(77,78)84-58-65(56-80-67(72)50-42-34-28-20-24-32-40-48-62(7)8)86-69(74)52-44-36-27-19-13-16-23-31-39-47-61(5)6/h59-65,70H,9-58H2,1-8H3,(H,75,76)(H,77,78)/t63?,64-,65-/m1/s1. The molecule has 3 N–H and O–H groups in total. The van der Waals surface area contributed by atoms with Crippen LogP contribution in [0.3, 0.4) is 0 Å². The molecule has 522 valence electrons. The highest BCUT2D eigenvalue weighted by atomic mass is 31.2. The molecule has 0 bridgehead atoms. The van der Waals surface area contributed by atoms with Crippen LogP contribution in [0.1, 0.15) is 338 Å². The molecule has 0 rings (SSSR count). The number of hydrogen-bond acceptors (Lipinski definition) is 15. The fourth-order valence-electron chi connectivity index (χ4n) is 10.3. The van der Waals surface area contributed by atoms with Crippen LogP contribution in [-0.2, 0) is 65.4 Å². The third-order valence-electron chi connectivity index (χ3n) is 15.8. The highest BCUT2D eigenvalue weighted by Gasteiger charge is 2.30. The van der Waals surface area contributed by atoms with Crippen LogP contribution >= 0.6 is 15.6 Å². The summed E-state index contributed by atoms with van der Waals surface area (Å²) in [6.45, 7) is 14.0. The Morgan fingerprint density at radius 3 is 0.705 bits per heavy atom. The van der Waals surface area contributed by atoms with Crippen molar-refractivity contribution in [1.82, 2.24) is 0 Å². The summed E-state index contributed by atoms with van der Waals surface area (Å²) < 4.78 is 68.2. The molecule has 0 heterocycles. The molecule has 0 aliphatic carbocycles. The number of carbonyl (C=O) groups is 4. The summed E-state index contributed by atoms with van der Waals surface area (Å²) in [6, 6.07) is 0. The van der Waals surface area contributed by atoms with Crippen LogP contribution in [0.2, 0.25) is 0 Å². The van der Waals surface area contributed by atoms with Gasteiger partial charge in [0.15, 0.2) is 12.2 Å². The predicted octanol–water partition coefficient (Wildman–Crippen LogP) is 19.3. The van der Waals surface area contributed by atoms with E-state index in [-0.39, 0.29) is 25.7 Å². The third kappa shape index (κ3) is 62.8. The number of phosphoric acid groups is 2. The van der Waals surface area contributed by atoms with Gasteiger partial charge in [-0.3, -0.25) is 37.3 Å². The number of phosphoric ester groups is 2. The second kappa shape index (κ2) is 58.8. The van der Waals surface area contributed by atoms with Gasteiger partial charge in [0, 0.05) is 25.7 Å². The van der Waals surface area contributed by atoms with Gasteiger partial charge >= 0.3 is 39.5 Å². The summed E-state index contributed by atoms with van der Waals surface area (Å²) >= 11 is 0. The van der Waals surface area contributed by atoms with Gasteiger partial charge in [0.25, 0.3) is 0 Å². The van der Waals surface area contributed by atoms with E-state index in [4.69, 9.17) is 37.0 Å². The van der Waals surface area contributed by atoms with Gasteiger partial charge in [-0.1, -0.05) is 287 Å². The summed E-state index contributed by atoms with van der Waals surface area (Å²) in [5.41, 5.74) is 0. The first kappa shape index (κ1) is 86.1. The largest absolute Gasteiger partial charge is 0.472 e. The van der Waals surface area contributed by atoms with Crippen molar-refractivity contribution in [2.24, 2.45) is 23.7 Å².